The second kappa shape index (κ2) is 7.15. The van der Waals surface area contributed by atoms with Crippen LogP contribution in [0.1, 0.15) is 12.5 Å². The quantitative estimate of drug-likeness (QED) is 0.729. The summed E-state index contributed by atoms with van der Waals surface area (Å²) in [6, 6.07) is 16.3. The van der Waals surface area contributed by atoms with E-state index in [2.05, 4.69) is 46.4 Å². The smallest absolute Gasteiger partial charge is 0.229 e. The van der Waals surface area contributed by atoms with Gasteiger partial charge < -0.3 is 19.7 Å². The first-order chi connectivity index (χ1) is 13.2. The van der Waals surface area contributed by atoms with Crippen molar-refractivity contribution in [2.45, 2.75) is 19.4 Å². The van der Waals surface area contributed by atoms with Crippen LogP contribution in [0.3, 0.4) is 0 Å². The Balaban J connectivity index is 1.64. The van der Waals surface area contributed by atoms with E-state index < -0.39 is 0 Å². The van der Waals surface area contributed by atoms with Crippen LogP contribution >= 0.6 is 0 Å². The molecule has 0 bridgehead atoms. The molecular formula is C21H22N4O2. The molecule has 6 heteroatoms. The summed E-state index contributed by atoms with van der Waals surface area (Å²) in [5.41, 5.74) is 3.33. The number of hydrogen-bond donors (Lipinski definition) is 1. The fraction of sp³-hybridized carbons (Fsp3) is 0.238. The third kappa shape index (κ3) is 3.26. The van der Waals surface area contributed by atoms with Crippen molar-refractivity contribution in [2.75, 3.05) is 24.4 Å². The van der Waals surface area contributed by atoms with E-state index in [9.17, 15) is 0 Å². The number of rotatable bonds is 5. The van der Waals surface area contributed by atoms with Crippen LogP contribution in [-0.2, 0) is 6.42 Å². The van der Waals surface area contributed by atoms with Crippen LogP contribution in [0.2, 0.25) is 0 Å². The van der Waals surface area contributed by atoms with Crippen LogP contribution in [0, 0.1) is 0 Å². The Bertz CT molecular complexity index is 960. The third-order valence-corrected chi connectivity index (χ3v) is 4.75. The first-order valence-corrected chi connectivity index (χ1v) is 8.89. The Morgan fingerprint density at radius 3 is 2.74 bits per heavy atom. The molecule has 138 valence electrons. The second-order valence-electron chi connectivity index (χ2n) is 6.48. The number of fused-ring (bicyclic) bond motifs is 1. The van der Waals surface area contributed by atoms with Gasteiger partial charge in [0, 0.05) is 24.0 Å². The van der Waals surface area contributed by atoms with Gasteiger partial charge in [0.25, 0.3) is 0 Å². The van der Waals surface area contributed by atoms with Crippen molar-refractivity contribution in [3.05, 3.63) is 60.3 Å². The van der Waals surface area contributed by atoms with Gasteiger partial charge in [-0.05, 0) is 43.2 Å². The molecule has 0 aliphatic carbocycles. The lowest BCUT2D eigenvalue weighted by Crippen LogP contribution is -2.25. The average molecular weight is 362 g/mol. The number of benzene rings is 2. The van der Waals surface area contributed by atoms with E-state index in [-0.39, 0.29) is 0 Å². The molecule has 1 aromatic heterocycles. The molecule has 4 rings (SSSR count). The van der Waals surface area contributed by atoms with Crippen molar-refractivity contribution in [3.8, 4) is 11.5 Å². The molecule has 1 aliphatic heterocycles. The highest BCUT2D eigenvalue weighted by Crippen LogP contribution is 2.37. The molecule has 3 aromatic rings. The third-order valence-electron chi connectivity index (χ3n) is 4.75. The zero-order chi connectivity index (χ0) is 18.8. The van der Waals surface area contributed by atoms with E-state index in [1.807, 2.05) is 24.3 Å². The zero-order valence-corrected chi connectivity index (χ0v) is 15.6. The monoisotopic (exact) mass is 362 g/mol. The van der Waals surface area contributed by atoms with Crippen LogP contribution in [0.5, 0.6) is 11.5 Å². The molecule has 1 unspecified atom stereocenters. The summed E-state index contributed by atoms with van der Waals surface area (Å²) >= 11 is 0. The van der Waals surface area contributed by atoms with E-state index in [0.717, 1.165) is 23.7 Å². The predicted molar refractivity (Wildman–Crippen MR) is 107 cm³/mol. The van der Waals surface area contributed by atoms with Crippen LogP contribution in [0.4, 0.5) is 23.1 Å². The van der Waals surface area contributed by atoms with E-state index in [0.29, 0.717) is 17.7 Å². The van der Waals surface area contributed by atoms with Crippen molar-refractivity contribution < 1.29 is 9.47 Å². The number of ether oxygens (including phenoxy) is 2. The molecule has 0 radical (unpaired) electrons. The van der Waals surface area contributed by atoms with Gasteiger partial charge in [0.1, 0.15) is 17.3 Å². The standard InChI is InChI=1S/C21H22N4O2/c1-14-12-15-6-4-5-7-18(15)25(14)20-10-11-22-21(24-20)23-17-9-8-16(26-2)13-19(17)27-3/h4-11,13-14H,12H2,1-3H3,(H,22,23,24). The fourth-order valence-corrected chi connectivity index (χ4v) is 3.48. The maximum absolute atomic E-state index is 5.45. The second-order valence-corrected chi connectivity index (χ2v) is 6.48. The molecule has 1 aliphatic rings. The minimum atomic E-state index is 0.348. The molecule has 0 amide bonds. The largest absolute Gasteiger partial charge is 0.497 e. The number of nitrogens with zero attached hydrogens (tertiary/aromatic N) is 3. The van der Waals surface area contributed by atoms with Crippen LogP contribution in [0.15, 0.2) is 54.7 Å². The first-order valence-electron chi connectivity index (χ1n) is 8.89. The molecule has 2 aromatic carbocycles. The Hall–Kier alpha value is -3.28. The number of methoxy groups -OCH3 is 2. The molecule has 2 heterocycles. The van der Waals surface area contributed by atoms with Gasteiger partial charge in [-0.15, -0.1) is 0 Å². The summed E-state index contributed by atoms with van der Waals surface area (Å²) in [7, 11) is 3.25. The number of para-hydroxylation sites is 1. The highest BCUT2D eigenvalue weighted by atomic mass is 16.5. The molecule has 1 N–H and O–H groups in total. The maximum atomic E-state index is 5.45. The minimum Gasteiger partial charge on any atom is -0.497 e. The molecular weight excluding hydrogens is 340 g/mol. The first kappa shape index (κ1) is 17.1. The molecule has 0 saturated carbocycles. The number of nitrogens with one attached hydrogen (secondary N) is 1. The number of anilines is 4. The van der Waals surface area contributed by atoms with Crippen molar-refractivity contribution in [3.63, 3.8) is 0 Å². The summed E-state index contributed by atoms with van der Waals surface area (Å²) in [4.78, 5) is 11.4. The normalized spacial score (nSPS) is 15.4. The van der Waals surface area contributed by atoms with Crippen molar-refractivity contribution in [1.29, 1.82) is 0 Å². The lowest BCUT2D eigenvalue weighted by molar-refractivity contribution is 0.395. The average Bonchev–Trinajstić information content (AvgIpc) is 3.04. The van der Waals surface area contributed by atoms with E-state index >= 15 is 0 Å². The lowest BCUT2D eigenvalue weighted by Gasteiger charge is -2.24. The molecule has 27 heavy (non-hydrogen) atoms. The van der Waals surface area contributed by atoms with Gasteiger partial charge in [0.2, 0.25) is 5.95 Å². The van der Waals surface area contributed by atoms with Gasteiger partial charge in [0.05, 0.1) is 19.9 Å². The Morgan fingerprint density at radius 2 is 1.93 bits per heavy atom. The van der Waals surface area contributed by atoms with E-state index in [1.165, 1.54) is 11.3 Å². The topological polar surface area (TPSA) is 59.5 Å². The van der Waals surface area contributed by atoms with Gasteiger partial charge in [0.15, 0.2) is 0 Å². The summed E-state index contributed by atoms with van der Waals surface area (Å²) in [6.07, 6.45) is 2.78. The van der Waals surface area contributed by atoms with Gasteiger partial charge in [-0.3, -0.25) is 0 Å². The van der Waals surface area contributed by atoms with Gasteiger partial charge in [-0.2, -0.15) is 4.98 Å². The summed E-state index contributed by atoms with van der Waals surface area (Å²) in [5.74, 6) is 2.79. The van der Waals surface area contributed by atoms with Crippen molar-refractivity contribution in [1.82, 2.24) is 9.97 Å². The van der Waals surface area contributed by atoms with E-state index in [4.69, 9.17) is 14.5 Å². The minimum absolute atomic E-state index is 0.348. The summed E-state index contributed by atoms with van der Waals surface area (Å²) in [5, 5.41) is 3.25. The lowest BCUT2D eigenvalue weighted by atomic mass is 10.1. The Morgan fingerprint density at radius 1 is 1.07 bits per heavy atom. The highest BCUT2D eigenvalue weighted by Gasteiger charge is 2.27. The Kier molecular flexibility index (Phi) is 4.54. The van der Waals surface area contributed by atoms with Crippen LogP contribution in [0.25, 0.3) is 0 Å². The van der Waals surface area contributed by atoms with Crippen molar-refractivity contribution >= 4 is 23.1 Å². The predicted octanol–water partition coefficient (Wildman–Crippen LogP) is 4.32. The van der Waals surface area contributed by atoms with Gasteiger partial charge in [-0.25, -0.2) is 4.98 Å². The Labute approximate surface area is 158 Å². The SMILES string of the molecule is COc1ccc(Nc2nccc(N3c4ccccc4CC3C)n2)c(OC)c1. The molecule has 6 nitrogen and oxygen atoms in total. The maximum Gasteiger partial charge on any atom is 0.229 e. The van der Waals surface area contributed by atoms with Gasteiger partial charge >= 0.3 is 0 Å². The molecule has 1 atom stereocenters. The zero-order valence-electron chi connectivity index (χ0n) is 15.6. The van der Waals surface area contributed by atoms with E-state index in [1.54, 1.807) is 20.4 Å². The fourth-order valence-electron chi connectivity index (χ4n) is 3.48. The van der Waals surface area contributed by atoms with Crippen LogP contribution < -0.4 is 19.7 Å². The molecule has 0 saturated heterocycles. The highest BCUT2D eigenvalue weighted by molar-refractivity contribution is 5.70. The van der Waals surface area contributed by atoms with Gasteiger partial charge in [-0.1, -0.05) is 18.2 Å². The number of aromatic nitrogens is 2. The van der Waals surface area contributed by atoms with Crippen molar-refractivity contribution in [2.24, 2.45) is 0 Å². The summed E-state index contributed by atoms with van der Waals surface area (Å²) < 4.78 is 10.7. The summed E-state index contributed by atoms with van der Waals surface area (Å²) in [6.45, 7) is 2.21. The molecule has 0 fully saturated rings. The molecule has 0 spiro atoms. The number of hydrogen-bond acceptors (Lipinski definition) is 6. The van der Waals surface area contributed by atoms with Crippen LogP contribution in [-0.4, -0.2) is 30.2 Å².